The number of alkyl halides is 3. The van der Waals surface area contributed by atoms with Gasteiger partial charge in [0.25, 0.3) is 5.91 Å². The van der Waals surface area contributed by atoms with Gasteiger partial charge in [-0.2, -0.15) is 18.2 Å². The maximum absolute atomic E-state index is 12.9. The summed E-state index contributed by atoms with van der Waals surface area (Å²) in [6.07, 6.45) is -4.59. The molecular formula is C19H15F3N2O4S. The minimum atomic E-state index is -4.59. The van der Waals surface area contributed by atoms with E-state index in [0.717, 1.165) is 23.5 Å². The fourth-order valence-electron chi connectivity index (χ4n) is 2.66. The summed E-state index contributed by atoms with van der Waals surface area (Å²) in [5.74, 6) is -1.47. The molecule has 0 radical (unpaired) electrons. The molecule has 0 fully saturated rings. The first-order valence-electron chi connectivity index (χ1n) is 8.43. The molecule has 1 N–H and O–H groups in total. The molecular weight excluding hydrogens is 409 g/mol. The topological polar surface area (TPSA) is 80.9 Å². The largest absolute Gasteiger partial charge is 0.494 e. The molecule has 0 aliphatic carbocycles. The Labute approximate surface area is 166 Å². The van der Waals surface area contributed by atoms with Crippen molar-refractivity contribution >= 4 is 33.4 Å². The first-order valence-corrected chi connectivity index (χ1v) is 9.25. The normalized spacial score (nSPS) is 12.3. The summed E-state index contributed by atoms with van der Waals surface area (Å²) < 4.78 is 46.0. The molecule has 6 nitrogen and oxygen atoms in total. The number of hydrogen-bond acceptors (Lipinski definition) is 4. The number of ether oxygens (including phenoxy) is 1. The predicted molar refractivity (Wildman–Crippen MR) is 100.0 cm³/mol. The van der Waals surface area contributed by atoms with Crippen molar-refractivity contribution in [1.82, 2.24) is 4.57 Å². The lowest BCUT2D eigenvalue weighted by Gasteiger charge is -2.07. The number of rotatable bonds is 5. The number of benzene rings is 2. The van der Waals surface area contributed by atoms with E-state index in [9.17, 15) is 27.9 Å². The van der Waals surface area contributed by atoms with Crippen molar-refractivity contribution in [2.75, 3.05) is 6.61 Å². The van der Waals surface area contributed by atoms with Gasteiger partial charge in [-0.25, -0.2) is 0 Å². The molecule has 10 heteroatoms. The Morgan fingerprint density at radius 1 is 1.21 bits per heavy atom. The lowest BCUT2D eigenvalue weighted by Crippen LogP contribution is -2.21. The third-order valence-corrected chi connectivity index (χ3v) is 4.93. The van der Waals surface area contributed by atoms with E-state index in [4.69, 9.17) is 4.74 Å². The van der Waals surface area contributed by atoms with Crippen LogP contribution < -0.4 is 9.54 Å². The zero-order chi connectivity index (χ0) is 21.2. The van der Waals surface area contributed by atoms with Crippen LogP contribution in [0.4, 0.5) is 13.2 Å². The van der Waals surface area contributed by atoms with Gasteiger partial charge in [0.05, 0.1) is 22.4 Å². The molecule has 0 atom stereocenters. The molecule has 0 saturated heterocycles. The van der Waals surface area contributed by atoms with E-state index in [1.807, 2.05) is 6.92 Å². The Kier molecular flexibility index (Phi) is 5.73. The van der Waals surface area contributed by atoms with Crippen molar-refractivity contribution in [3.05, 3.63) is 58.4 Å². The van der Waals surface area contributed by atoms with Gasteiger partial charge >= 0.3 is 12.1 Å². The number of halogens is 3. The molecule has 0 aliphatic heterocycles. The van der Waals surface area contributed by atoms with Crippen LogP contribution in [-0.4, -0.2) is 28.2 Å². The van der Waals surface area contributed by atoms with Crippen LogP contribution in [0.25, 0.3) is 10.2 Å². The van der Waals surface area contributed by atoms with Gasteiger partial charge in [-0.3, -0.25) is 9.59 Å². The smallest absolute Gasteiger partial charge is 0.416 e. The predicted octanol–water partition coefficient (Wildman–Crippen LogP) is 3.95. The molecule has 1 aromatic heterocycles. The maximum Gasteiger partial charge on any atom is 0.416 e. The number of thiazole rings is 1. The summed E-state index contributed by atoms with van der Waals surface area (Å²) in [7, 11) is 0. The zero-order valence-corrected chi connectivity index (χ0v) is 15.9. The number of aromatic nitrogens is 1. The lowest BCUT2D eigenvalue weighted by molar-refractivity contribution is -0.138. The van der Waals surface area contributed by atoms with Crippen LogP contribution in [0.3, 0.4) is 0 Å². The average molecular weight is 424 g/mol. The van der Waals surface area contributed by atoms with Crippen LogP contribution in [0.15, 0.2) is 47.5 Å². The third kappa shape index (κ3) is 4.65. The van der Waals surface area contributed by atoms with Gasteiger partial charge in [0.2, 0.25) is 0 Å². The van der Waals surface area contributed by atoms with Crippen molar-refractivity contribution < 1.29 is 32.6 Å². The average Bonchev–Trinajstić information content (AvgIpc) is 2.97. The summed E-state index contributed by atoms with van der Waals surface area (Å²) >= 11 is 1.05. The van der Waals surface area contributed by atoms with Crippen molar-refractivity contribution in [3.63, 3.8) is 0 Å². The van der Waals surface area contributed by atoms with Crippen molar-refractivity contribution in [1.29, 1.82) is 0 Å². The first kappa shape index (κ1) is 20.6. The summed E-state index contributed by atoms with van der Waals surface area (Å²) in [6, 6.07) is 8.92. The first-order chi connectivity index (χ1) is 13.7. The highest BCUT2D eigenvalue weighted by atomic mass is 32.1. The second kappa shape index (κ2) is 8.08. The Morgan fingerprint density at radius 2 is 1.97 bits per heavy atom. The highest BCUT2D eigenvalue weighted by molar-refractivity contribution is 7.16. The van der Waals surface area contributed by atoms with Gasteiger partial charge in [0.1, 0.15) is 12.3 Å². The van der Waals surface area contributed by atoms with Crippen LogP contribution in [0, 0.1) is 0 Å². The van der Waals surface area contributed by atoms with Crippen molar-refractivity contribution in [2.24, 2.45) is 4.99 Å². The van der Waals surface area contributed by atoms with Gasteiger partial charge in [0, 0.05) is 5.56 Å². The number of nitrogens with zero attached hydrogens (tertiary/aromatic N) is 2. The highest BCUT2D eigenvalue weighted by Gasteiger charge is 2.30. The number of fused-ring (bicyclic) bond motifs is 1. The number of carbonyl (C=O) groups is 2. The number of hydrogen-bond donors (Lipinski definition) is 1. The molecule has 0 spiro atoms. The molecule has 0 aliphatic rings. The molecule has 0 unspecified atom stereocenters. The summed E-state index contributed by atoms with van der Waals surface area (Å²) in [4.78, 5) is 27.7. The Bertz CT molecular complexity index is 1150. The SMILES string of the molecule is CCOc1ccc2c(c1)s/c(=N\C(=O)c1cccc(C(F)(F)F)c1)n2CC(=O)O. The fourth-order valence-corrected chi connectivity index (χ4v) is 3.72. The molecule has 1 amide bonds. The quantitative estimate of drug-likeness (QED) is 0.673. The van der Waals surface area contributed by atoms with Crippen molar-refractivity contribution in [3.8, 4) is 5.75 Å². The summed E-state index contributed by atoms with van der Waals surface area (Å²) in [5, 5.41) is 9.19. The number of carbonyl (C=O) groups excluding carboxylic acids is 1. The monoisotopic (exact) mass is 424 g/mol. The van der Waals surface area contributed by atoms with Gasteiger partial charge in [-0.05, 0) is 43.3 Å². The number of amides is 1. The molecule has 152 valence electrons. The molecule has 0 saturated carbocycles. The van der Waals surface area contributed by atoms with Crippen LogP contribution in [0.1, 0.15) is 22.8 Å². The van der Waals surface area contributed by atoms with Gasteiger partial charge < -0.3 is 14.4 Å². The summed E-state index contributed by atoms with van der Waals surface area (Å²) in [6.45, 7) is 1.80. The van der Waals surface area contributed by atoms with Crippen LogP contribution in [-0.2, 0) is 17.5 Å². The molecule has 3 aromatic rings. The van der Waals surface area contributed by atoms with E-state index >= 15 is 0 Å². The standard InChI is InChI=1S/C19H15F3N2O4S/c1-2-28-13-6-7-14-15(9-13)29-18(24(14)10-16(25)26)23-17(27)11-4-3-5-12(8-11)19(20,21)22/h3-9H,2,10H2,1H3,(H,25,26)/b23-18-. The highest BCUT2D eigenvalue weighted by Crippen LogP contribution is 2.29. The van der Waals surface area contributed by atoms with Crippen molar-refractivity contribution in [2.45, 2.75) is 19.6 Å². The van der Waals surface area contributed by atoms with Crippen LogP contribution in [0.2, 0.25) is 0 Å². The van der Waals surface area contributed by atoms with Gasteiger partial charge in [-0.15, -0.1) is 0 Å². The number of aliphatic carboxylic acids is 1. The molecule has 29 heavy (non-hydrogen) atoms. The molecule has 2 aromatic carbocycles. The molecule has 1 heterocycles. The second-order valence-electron chi connectivity index (χ2n) is 5.92. The molecule has 0 bridgehead atoms. The maximum atomic E-state index is 12.9. The fraction of sp³-hybridized carbons (Fsp3) is 0.211. The lowest BCUT2D eigenvalue weighted by atomic mass is 10.1. The van der Waals surface area contributed by atoms with E-state index in [1.54, 1.807) is 18.2 Å². The Balaban J connectivity index is 2.10. The number of carboxylic acid groups (broad SMARTS) is 1. The minimum absolute atomic E-state index is 0.0680. The summed E-state index contributed by atoms with van der Waals surface area (Å²) in [5.41, 5.74) is -0.680. The van der Waals surface area contributed by atoms with E-state index in [0.29, 0.717) is 28.6 Å². The molecule has 3 rings (SSSR count). The third-order valence-electron chi connectivity index (χ3n) is 3.89. The Hall–Kier alpha value is -3.14. The van der Waals surface area contributed by atoms with E-state index in [1.165, 1.54) is 10.6 Å². The number of carboxylic acids is 1. The second-order valence-corrected chi connectivity index (χ2v) is 6.93. The van der Waals surface area contributed by atoms with Gasteiger partial charge in [-0.1, -0.05) is 17.4 Å². The minimum Gasteiger partial charge on any atom is -0.494 e. The van der Waals surface area contributed by atoms with Gasteiger partial charge in [0.15, 0.2) is 4.80 Å². The van der Waals surface area contributed by atoms with E-state index in [-0.39, 0.29) is 10.4 Å². The zero-order valence-electron chi connectivity index (χ0n) is 15.1. The van der Waals surface area contributed by atoms with Crippen LogP contribution >= 0.6 is 11.3 Å². The Morgan fingerprint density at radius 3 is 2.62 bits per heavy atom. The van der Waals surface area contributed by atoms with E-state index < -0.39 is 30.2 Å². The van der Waals surface area contributed by atoms with E-state index in [2.05, 4.69) is 4.99 Å². The van der Waals surface area contributed by atoms with Crippen LogP contribution in [0.5, 0.6) is 5.75 Å².